The highest BCUT2D eigenvalue weighted by Gasteiger charge is 2.02. The first-order valence-corrected chi connectivity index (χ1v) is 3.52. The topological polar surface area (TPSA) is 14.1 Å². The van der Waals surface area contributed by atoms with E-state index in [4.69, 9.17) is 0 Å². The zero-order chi connectivity index (χ0) is 5.82. The predicted octanol–water partition coefficient (Wildman–Crippen LogP) is 2.32. The van der Waals surface area contributed by atoms with Gasteiger partial charge >= 0.3 is 0 Å². The third-order valence-electron chi connectivity index (χ3n) is 1.94. The minimum Gasteiger partial charge on any atom is -0.662 e. The van der Waals surface area contributed by atoms with Gasteiger partial charge in [0, 0.05) is 0 Å². The van der Waals surface area contributed by atoms with Crippen LogP contribution in [0.15, 0.2) is 0 Å². The Balaban J connectivity index is 2.13. The van der Waals surface area contributed by atoms with Crippen LogP contribution in [0.1, 0.15) is 32.1 Å². The fraction of sp³-hybridized carbons (Fsp3) is 1.00. The van der Waals surface area contributed by atoms with Gasteiger partial charge in [0.2, 0.25) is 0 Å². The van der Waals surface area contributed by atoms with Crippen molar-refractivity contribution in [3.8, 4) is 0 Å². The molecule has 0 N–H and O–H groups in total. The zero-order valence-electron chi connectivity index (χ0n) is 5.56. The Hall–Kier alpha value is -0.0400. The van der Waals surface area contributed by atoms with Crippen LogP contribution in [0.2, 0.25) is 0 Å². The van der Waals surface area contributed by atoms with E-state index in [2.05, 4.69) is 5.32 Å². The summed E-state index contributed by atoms with van der Waals surface area (Å²) in [6.07, 6.45) is 6.93. The molecule has 0 atom stereocenters. The summed E-state index contributed by atoms with van der Waals surface area (Å²) in [5.41, 5.74) is 0. The molecule has 0 radical (unpaired) electrons. The quantitative estimate of drug-likeness (QED) is 0.494. The molecule has 0 aromatic heterocycles. The maximum absolute atomic E-state index is 4.25. The number of hydrogen-bond acceptors (Lipinski definition) is 0. The monoisotopic (exact) mass is 112 g/mol. The van der Waals surface area contributed by atoms with E-state index in [1.165, 1.54) is 32.1 Å². The Bertz CT molecular complexity index is 55.4. The van der Waals surface area contributed by atoms with Crippen molar-refractivity contribution >= 4 is 0 Å². The third kappa shape index (κ3) is 1.48. The summed E-state index contributed by atoms with van der Waals surface area (Å²) >= 11 is 0. The molecule has 0 aliphatic heterocycles. The normalized spacial score (nSPS) is 23.6. The molecule has 0 spiro atoms. The molecule has 1 aliphatic carbocycles. The first kappa shape index (κ1) is 6.09. The van der Waals surface area contributed by atoms with Crippen molar-refractivity contribution in [1.29, 1.82) is 0 Å². The van der Waals surface area contributed by atoms with E-state index in [0.717, 1.165) is 0 Å². The van der Waals surface area contributed by atoms with Gasteiger partial charge in [0.25, 0.3) is 0 Å². The molecule has 0 bridgehead atoms. The van der Waals surface area contributed by atoms with E-state index in [1.807, 2.05) is 7.05 Å². The van der Waals surface area contributed by atoms with Crippen molar-refractivity contribution in [3.05, 3.63) is 5.32 Å². The number of rotatable bonds is 1. The van der Waals surface area contributed by atoms with Crippen LogP contribution in [0.4, 0.5) is 0 Å². The zero-order valence-corrected chi connectivity index (χ0v) is 5.56. The molecule has 0 unspecified atom stereocenters. The van der Waals surface area contributed by atoms with Gasteiger partial charge < -0.3 is 5.32 Å². The Morgan fingerprint density at radius 3 is 2.12 bits per heavy atom. The predicted molar refractivity (Wildman–Crippen MR) is 36.2 cm³/mol. The third-order valence-corrected chi connectivity index (χ3v) is 1.94. The summed E-state index contributed by atoms with van der Waals surface area (Å²) in [6, 6.07) is 0.712. The van der Waals surface area contributed by atoms with Crippen LogP contribution in [-0.4, -0.2) is 13.1 Å². The van der Waals surface area contributed by atoms with E-state index >= 15 is 0 Å². The average Bonchev–Trinajstić information content (AvgIpc) is 1.90. The second-order valence-electron chi connectivity index (χ2n) is 2.55. The van der Waals surface area contributed by atoms with E-state index in [9.17, 15) is 0 Å². The summed E-state index contributed by atoms with van der Waals surface area (Å²) < 4.78 is 0. The molecule has 48 valence electrons. The van der Waals surface area contributed by atoms with Crippen LogP contribution in [0.3, 0.4) is 0 Å². The van der Waals surface area contributed by atoms with Crippen molar-refractivity contribution in [2.24, 2.45) is 0 Å². The van der Waals surface area contributed by atoms with Gasteiger partial charge in [0.05, 0.1) is 0 Å². The Labute approximate surface area is 51.5 Å². The lowest BCUT2D eigenvalue weighted by atomic mass is 9.96. The van der Waals surface area contributed by atoms with Crippen molar-refractivity contribution < 1.29 is 0 Å². The lowest BCUT2D eigenvalue weighted by Gasteiger charge is -2.31. The van der Waals surface area contributed by atoms with E-state index < -0.39 is 0 Å². The minimum absolute atomic E-state index is 0.712. The van der Waals surface area contributed by atoms with Gasteiger partial charge in [-0.15, -0.1) is 6.04 Å². The molecule has 8 heavy (non-hydrogen) atoms. The fourth-order valence-corrected chi connectivity index (χ4v) is 1.34. The van der Waals surface area contributed by atoms with Crippen molar-refractivity contribution in [2.75, 3.05) is 7.05 Å². The van der Waals surface area contributed by atoms with Crippen molar-refractivity contribution in [2.45, 2.75) is 38.1 Å². The summed E-state index contributed by atoms with van der Waals surface area (Å²) in [5.74, 6) is 0. The number of hydrogen-bond donors (Lipinski definition) is 0. The summed E-state index contributed by atoms with van der Waals surface area (Å²) in [6.45, 7) is 0. The molecule has 1 saturated carbocycles. The van der Waals surface area contributed by atoms with Crippen LogP contribution < -0.4 is 0 Å². The van der Waals surface area contributed by atoms with Gasteiger partial charge in [-0.3, -0.25) is 0 Å². The van der Waals surface area contributed by atoms with Crippen LogP contribution in [0, 0.1) is 0 Å². The fourth-order valence-electron chi connectivity index (χ4n) is 1.34. The Morgan fingerprint density at radius 1 is 1.12 bits per heavy atom. The maximum atomic E-state index is 4.25. The highest BCUT2D eigenvalue weighted by molar-refractivity contribution is 4.87. The SMILES string of the molecule is C[N-]C1CCCCC1. The molecule has 0 amide bonds. The van der Waals surface area contributed by atoms with E-state index in [1.54, 1.807) is 0 Å². The molecule has 0 saturated heterocycles. The van der Waals surface area contributed by atoms with E-state index in [0.29, 0.717) is 6.04 Å². The van der Waals surface area contributed by atoms with Crippen molar-refractivity contribution in [1.82, 2.24) is 0 Å². The highest BCUT2D eigenvalue weighted by atomic mass is 14.9. The molecule has 1 heteroatoms. The smallest absolute Gasteiger partial charge is 0.0534 e. The molecular weight excluding hydrogens is 98.1 g/mol. The molecular formula is C7H14N-. The first-order chi connectivity index (χ1) is 3.93. The summed E-state index contributed by atoms with van der Waals surface area (Å²) in [7, 11) is 1.94. The van der Waals surface area contributed by atoms with Gasteiger partial charge in [-0.2, -0.15) is 7.05 Å². The van der Waals surface area contributed by atoms with Crippen molar-refractivity contribution in [3.63, 3.8) is 0 Å². The van der Waals surface area contributed by atoms with Gasteiger partial charge in [0.15, 0.2) is 0 Å². The van der Waals surface area contributed by atoms with Crippen LogP contribution >= 0.6 is 0 Å². The van der Waals surface area contributed by atoms with Crippen LogP contribution in [0.25, 0.3) is 5.32 Å². The standard InChI is InChI=1S/C7H14N/c1-8-7-5-3-2-4-6-7/h7H,2-6H2,1H3/q-1. The second kappa shape index (κ2) is 3.08. The molecule has 1 fully saturated rings. The average molecular weight is 112 g/mol. The van der Waals surface area contributed by atoms with Crippen LogP contribution in [0.5, 0.6) is 0 Å². The second-order valence-corrected chi connectivity index (χ2v) is 2.55. The molecule has 0 aromatic carbocycles. The maximum Gasteiger partial charge on any atom is -0.0534 e. The molecule has 0 heterocycles. The number of nitrogens with zero attached hydrogens (tertiary/aromatic N) is 1. The van der Waals surface area contributed by atoms with Gasteiger partial charge in [0.1, 0.15) is 0 Å². The lowest BCUT2D eigenvalue weighted by molar-refractivity contribution is 0.471. The molecule has 1 nitrogen and oxygen atoms in total. The Morgan fingerprint density at radius 2 is 1.75 bits per heavy atom. The van der Waals surface area contributed by atoms with E-state index in [-0.39, 0.29) is 0 Å². The first-order valence-electron chi connectivity index (χ1n) is 3.52. The van der Waals surface area contributed by atoms with Gasteiger partial charge in [-0.25, -0.2) is 0 Å². The van der Waals surface area contributed by atoms with Gasteiger partial charge in [-0.1, -0.05) is 32.1 Å². The summed E-state index contributed by atoms with van der Waals surface area (Å²) in [4.78, 5) is 0. The minimum atomic E-state index is 0.712. The molecule has 1 rings (SSSR count). The Kier molecular flexibility index (Phi) is 2.34. The highest BCUT2D eigenvalue weighted by Crippen LogP contribution is 2.21. The largest absolute Gasteiger partial charge is 0.662 e. The van der Waals surface area contributed by atoms with Gasteiger partial charge in [-0.05, 0) is 0 Å². The molecule has 0 aromatic rings. The lowest BCUT2D eigenvalue weighted by Crippen LogP contribution is -2.09. The molecule has 1 aliphatic rings. The van der Waals surface area contributed by atoms with Crippen LogP contribution in [-0.2, 0) is 0 Å². The summed E-state index contributed by atoms with van der Waals surface area (Å²) in [5, 5.41) is 4.25.